The second kappa shape index (κ2) is 27.8. The van der Waals surface area contributed by atoms with E-state index in [9.17, 15) is 73.5 Å². The molecule has 0 saturated carbocycles. The molecule has 0 radical (unpaired) electrons. The number of aromatic hydroxyl groups is 1. The van der Waals surface area contributed by atoms with Gasteiger partial charge in [0.25, 0.3) is 0 Å². The molecule has 6 rings (SSSR count). The number of urea groups is 1. The average Bonchev–Trinajstić information content (AvgIpc) is 3.55. The molecular formula is C57H63N5O16. The number of nitrogens with one attached hydrogen (secondary N) is 5. The fourth-order valence-electron chi connectivity index (χ4n) is 9.64. The van der Waals surface area contributed by atoms with Gasteiger partial charge in [-0.1, -0.05) is 55.3 Å². The van der Waals surface area contributed by atoms with Crippen molar-refractivity contribution in [3.05, 3.63) is 116 Å². The van der Waals surface area contributed by atoms with Crippen LogP contribution in [-0.4, -0.2) is 121 Å². The Hall–Kier alpha value is -8.88. The fourth-order valence-corrected chi connectivity index (χ4v) is 9.64. The maximum atomic E-state index is 13.3. The van der Waals surface area contributed by atoms with Crippen molar-refractivity contribution in [2.75, 3.05) is 13.1 Å². The maximum Gasteiger partial charge on any atom is 0.336 e. The first kappa shape index (κ1) is 58.4. The van der Waals surface area contributed by atoms with Crippen molar-refractivity contribution in [3.63, 3.8) is 0 Å². The van der Waals surface area contributed by atoms with E-state index >= 15 is 0 Å². The van der Waals surface area contributed by atoms with Gasteiger partial charge in [0.2, 0.25) is 17.7 Å². The summed E-state index contributed by atoms with van der Waals surface area (Å²) in [6.45, 7) is 0.468. The van der Waals surface area contributed by atoms with E-state index in [1.165, 1.54) is 12.1 Å². The number of benzene rings is 4. The molecule has 0 bridgehead atoms. The van der Waals surface area contributed by atoms with Crippen molar-refractivity contribution in [2.45, 2.75) is 121 Å². The van der Waals surface area contributed by atoms with Gasteiger partial charge in [0.15, 0.2) is 5.78 Å². The third-order valence-corrected chi connectivity index (χ3v) is 13.6. The lowest BCUT2D eigenvalue weighted by Gasteiger charge is -2.25. The molecule has 0 heterocycles. The number of aliphatic carboxylic acids is 4. The molecule has 11 N–H and O–H groups in total. The number of carboxylic acid groups (broad SMARTS) is 5. The number of unbranched alkanes of at least 4 members (excludes halogenated alkanes) is 5. The van der Waals surface area contributed by atoms with Crippen LogP contribution in [0, 0.1) is 0 Å². The van der Waals surface area contributed by atoms with E-state index in [0.29, 0.717) is 74.5 Å². The van der Waals surface area contributed by atoms with Crippen molar-refractivity contribution in [1.82, 2.24) is 26.6 Å². The zero-order chi connectivity index (χ0) is 56.5. The lowest BCUT2D eigenvalue weighted by molar-refractivity contribution is -0.142. The number of fused-ring (bicyclic) bond motifs is 6. The van der Waals surface area contributed by atoms with Crippen LogP contribution in [0.4, 0.5) is 4.79 Å². The van der Waals surface area contributed by atoms with E-state index in [4.69, 9.17) is 5.11 Å². The molecule has 21 heteroatoms. The number of carbonyl (C=O) groups excluding carboxylic acids is 5. The zero-order valence-electron chi connectivity index (χ0n) is 42.7. The van der Waals surface area contributed by atoms with Gasteiger partial charge in [0.05, 0.1) is 12.0 Å². The minimum absolute atomic E-state index is 0.0136. The molecular weight excluding hydrogens is 1010 g/mol. The highest BCUT2D eigenvalue weighted by atomic mass is 16.4. The number of carbonyl (C=O) groups is 10. The van der Waals surface area contributed by atoms with E-state index < -0.39 is 72.8 Å². The maximum absolute atomic E-state index is 13.3. The monoisotopic (exact) mass is 1070 g/mol. The van der Waals surface area contributed by atoms with Crippen LogP contribution in [0.15, 0.2) is 66.7 Å². The van der Waals surface area contributed by atoms with E-state index in [2.05, 4.69) is 26.6 Å². The van der Waals surface area contributed by atoms with Gasteiger partial charge >= 0.3 is 35.9 Å². The summed E-state index contributed by atoms with van der Waals surface area (Å²) in [5, 5.41) is 73.6. The molecule has 78 heavy (non-hydrogen) atoms. The van der Waals surface area contributed by atoms with Crippen molar-refractivity contribution in [3.8, 4) is 5.75 Å². The number of allylic oxidation sites excluding steroid dienone is 1. The van der Waals surface area contributed by atoms with E-state index in [-0.39, 0.29) is 74.1 Å². The lowest BCUT2D eigenvalue weighted by Crippen LogP contribution is -2.51. The third kappa shape index (κ3) is 16.3. The van der Waals surface area contributed by atoms with E-state index in [1.807, 2.05) is 30.3 Å². The molecule has 4 aromatic carbocycles. The fraction of sp³-hybridized carbons (Fsp3) is 0.368. The van der Waals surface area contributed by atoms with Crippen molar-refractivity contribution in [2.24, 2.45) is 0 Å². The molecule has 0 spiro atoms. The van der Waals surface area contributed by atoms with Gasteiger partial charge in [-0.25, -0.2) is 24.0 Å². The smallest absolute Gasteiger partial charge is 0.336 e. The Kier molecular flexibility index (Phi) is 20.8. The van der Waals surface area contributed by atoms with E-state index in [0.717, 1.165) is 43.5 Å². The first-order valence-corrected chi connectivity index (χ1v) is 25.8. The van der Waals surface area contributed by atoms with Gasteiger partial charge in [0.1, 0.15) is 23.9 Å². The number of hydrogen-bond donors (Lipinski definition) is 11. The Bertz CT molecular complexity index is 3170. The Labute approximate surface area is 447 Å². The predicted octanol–water partition coefficient (Wildman–Crippen LogP) is 3.87. The zero-order valence-corrected chi connectivity index (χ0v) is 42.7. The standard InChI is InChI=1S/C57H63N5O16/c63-35-16-21-37-33(29-35)14-19-39-42(37)31-43-38-22-17-36(64)30-34(38)15-20-40(43)52(39)44-27-32(13-18-41(44)53(70)71)28-50(67)59-26-8-5-9-45(54(72)73)60-49(66)12-4-2-1-3-11-48(65)58-25-7-6-10-46(55(74)75)61-57(78)62-47(56(76)77)23-24-51(68)69/h13-22,27,29-30,45-47,63H,1-12,23-26,28,31H2,(H,58,65)(H,59,67)(H,60,66)(H,68,69)(H,70,71)(H,72,73)(H,74,75)(H,76,77)(H2,61,62,78)/t45?,46-,47-/m0/s1. The van der Waals surface area contributed by atoms with Crippen molar-refractivity contribution >= 4 is 87.9 Å². The van der Waals surface area contributed by atoms with Crippen LogP contribution in [0.2, 0.25) is 0 Å². The first-order valence-electron chi connectivity index (χ1n) is 25.8. The Balaban J connectivity index is 0.906. The molecule has 0 fully saturated rings. The second-order valence-electron chi connectivity index (χ2n) is 19.3. The summed E-state index contributed by atoms with van der Waals surface area (Å²) in [6.07, 6.45) is 8.48. The molecule has 3 atom stereocenters. The van der Waals surface area contributed by atoms with Crippen LogP contribution < -0.4 is 37.0 Å². The highest BCUT2D eigenvalue weighted by Gasteiger charge is 2.28. The number of phenolic OH excluding ortho intramolecular Hbond substituents is 1. The van der Waals surface area contributed by atoms with E-state index in [1.54, 1.807) is 36.4 Å². The van der Waals surface area contributed by atoms with Gasteiger partial charge in [-0.3, -0.25) is 24.0 Å². The highest BCUT2D eigenvalue weighted by molar-refractivity contribution is 6.17. The van der Waals surface area contributed by atoms with Gasteiger partial charge in [-0.05, 0) is 161 Å². The topological polar surface area (TPSA) is 352 Å². The number of ketones is 1. The van der Waals surface area contributed by atoms with Crippen LogP contribution in [0.1, 0.15) is 134 Å². The molecule has 0 aromatic heterocycles. The Morgan fingerprint density at radius 1 is 0.551 bits per heavy atom. The molecule has 4 aromatic rings. The summed E-state index contributed by atoms with van der Waals surface area (Å²) < 4.78 is 0. The number of aromatic carboxylic acids is 1. The molecule has 0 saturated heterocycles. The van der Waals surface area contributed by atoms with Gasteiger partial charge in [-0.15, -0.1) is 0 Å². The number of amides is 5. The summed E-state index contributed by atoms with van der Waals surface area (Å²) in [7, 11) is 0. The van der Waals surface area contributed by atoms with Crippen LogP contribution in [0.3, 0.4) is 0 Å². The minimum Gasteiger partial charge on any atom is -0.508 e. The van der Waals surface area contributed by atoms with Crippen molar-refractivity contribution in [1.29, 1.82) is 0 Å². The second-order valence-corrected chi connectivity index (χ2v) is 19.3. The third-order valence-electron chi connectivity index (χ3n) is 13.6. The van der Waals surface area contributed by atoms with Gasteiger partial charge < -0.3 is 57.2 Å². The summed E-state index contributed by atoms with van der Waals surface area (Å²) in [4.78, 5) is 121. The van der Waals surface area contributed by atoms with Crippen LogP contribution >= 0.6 is 0 Å². The average molecular weight is 1070 g/mol. The quantitative estimate of drug-likeness (QED) is 0.0291. The summed E-state index contributed by atoms with van der Waals surface area (Å²) in [5.74, 6) is -7.45. The predicted molar refractivity (Wildman–Crippen MR) is 284 cm³/mol. The van der Waals surface area contributed by atoms with Crippen molar-refractivity contribution < 1.29 is 78.6 Å². The minimum atomic E-state index is -1.52. The number of hydrogen-bond acceptors (Lipinski definition) is 11. The van der Waals surface area contributed by atoms with Gasteiger partial charge in [-0.2, -0.15) is 0 Å². The van der Waals surface area contributed by atoms with Crippen LogP contribution in [0.25, 0.3) is 28.5 Å². The molecule has 2 aliphatic rings. The summed E-state index contributed by atoms with van der Waals surface area (Å²) in [5.41, 5.74) is 5.14. The SMILES string of the molecule is O=C1C=Cc2c3c(ccc2=C1)=C(c1cc(CC(=O)NCCCCC(NC(=O)CCCCCCC(=O)NCCCC[C@H](NC(=O)N[C@@H](CCC(=O)O)C(=O)O)C(=O)O)C(=O)O)ccc1C(=O)O)c1ccc2cc(O)ccc2c1C3. The molecule has 2 aliphatic carbocycles. The first-order chi connectivity index (χ1) is 37.3. The van der Waals surface area contributed by atoms with Gasteiger partial charge in [0, 0.05) is 32.4 Å². The normalized spacial score (nSPS) is 13.3. The largest absolute Gasteiger partial charge is 0.508 e. The molecule has 5 amide bonds. The van der Waals surface area contributed by atoms with Crippen LogP contribution in [-0.2, 0) is 51.2 Å². The molecule has 1 unspecified atom stereocenters. The van der Waals surface area contributed by atoms with Crippen LogP contribution in [0.5, 0.6) is 5.75 Å². The molecule has 0 aliphatic heterocycles. The Morgan fingerprint density at radius 2 is 1.18 bits per heavy atom. The summed E-state index contributed by atoms with van der Waals surface area (Å²) in [6, 6.07) is 12.4. The number of carboxylic acids is 5. The molecule has 21 nitrogen and oxygen atoms in total. The summed E-state index contributed by atoms with van der Waals surface area (Å²) >= 11 is 0. The molecule has 412 valence electrons. The Morgan fingerprint density at radius 3 is 1.82 bits per heavy atom. The highest BCUT2D eigenvalue weighted by Crippen LogP contribution is 2.37. The number of phenols is 1. The lowest BCUT2D eigenvalue weighted by atomic mass is 9.78. The number of rotatable bonds is 30.